The Labute approximate surface area is 220 Å². The fourth-order valence-corrected chi connectivity index (χ4v) is 7.02. The molecule has 4 nitrogen and oxygen atoms in total. The molecule has 0 saturated heterocycles. The maximum absolute atomic E-state index is 14.8. The fourth-order valence-electron chi connectivity index (χ4n) is 4.07. The molecule has 6 rings (SSSR count). The van der Waals surface area contributed by atoms with E-state index in [1.165, 1.54) is 47.8 Å². The van der Waals surface area contributed by atoms with E-state index in [1.54, 1.807) is 36.4 Å². The first-order valence-corrected chi connectivity index (χ1v) is 14.3. The lowest BCUT2D eigenvalue weighted by atomic mass is 10.1. The predicted molar refractivity (Wildman–Crippen MR) is 142 cm³/mol. The zero-order chi connectivity index (χ0) is 25.6. The summed E-state index contributed by atoms with van der Waals surface area (Å²) >= 11 is 2.42. The van der Waals surface area contributed by atoms with Gasteiger partial charge in [0.15, 0.2) is 0 Å². The lowest BCUT2D eigenvalue weighted by Crippen LogP contribution is -1.99. The Bertz CT molecular complexity index is 1550. The third kappa shape index (κ3) is 4.74. The van der Waals surface area contributed by atoms with Gasteiger partial charge in [-0.2, -0.15) is 0 Å². The second-order valence-electron chi connectivity index (χ2n) is 8.18. The van der Waals surface area contributed by atoms with Gasteiger partial charge in [-0.25, -0.2) is 13.3 Å². The maximum Gasteiger partial charge on any atom is 0.584 e. The molecule has 0 amide bonds. The fraction of sp³-hybridized carbons (Fsp3) is 0. The lowest BCUT2D eigenvalue weighted by molar-refractivity contribution is 0.264. The molecule has 4 aromatic carbocycles. The topological polar surface area (TPSA) is 55.8 Å². The first-order chi connectivity index (χ1) is 17.9. The molecule has 1 N–H and O–H groups in total. The molecule has 0 radical (unpaired) electrons. The van der Waals surface area contributed by atoms with Gasteiger partial charge in [0, 0.05) is 20.9 Å². The number of halogens is 2. The Morgan fingerprint density at radius 3 is 1.51 bits per heavy atom. The third-order valence-electron chi connectivity index (χ3n) is 5.73. The average molecular weight is 551 g/mol. The molecule has 184 valence electrons. The molecule has 2 aliphatic rings. The third-order valence-corrected chi connectivity index (χ3v) is 9.00. The molecule has 0 bridgehead atoms. The van der Waals surface area contributed by atoms with Crippen LogP contribution < -0.4 is 0 Å². The Morgan fingerprint density at radius 2 is 1.05 bits per heavy atom. The SMILES string of the molecule is O=P(O)(OC1=Cc2ccccc2Sc2c(F)cccc21)OC1=Cc2ccccc2Sc2c(F)cccc21. The summed E-state index contributed by atoms with van der Waals surface area (Å²) in [6.07, 6.45) is 3.17. The minimum absolute atomic E-state index is 0.0127. The first kappa shape index (κ1) is 24.1. The van der Waals surface area contributed by atoms with E-state index in [4.69, 9.17) is 9.05 Å². The van der Waals surface area contributed by atoms with Crippen molar-refractivity contribution in [3.05, 3.63) is 119 Å². The summed E-state index contributed by atoms with van der Waals surface area (Å²) in [6.45, 7) is 0. The van der Waals surface area contributed by atoms with Crippen molar-refractivity contribution >= 4 is 55.0 Å². The van der Waals surface area contributed by atoms with Crippen LogP contribution in [0.4, 0.5) is 8.78 Å². The van der Waals surface area contributed by atoms with Crippen molar-refractivity contribution in [1.29, 1.82) is 0 Å². The van der Waals surface area contributed by atoms with Crippen molar-refractivity contribution in [2.75, 3.05) is 0 Å². The summed E-state index contributed by atoms with van der Waals surface area (Å²) in [5.74, 6) is -0.985. The van der Waals surface area contributed by atoms with E-state index in [2.05, 4.69) is 0 Å². The molecular formula is C28H17F2O4PS2. The largest absolute Gasteiger partial charge is 0.584 e. The van der Waals surface area contributed by atoms with Crippen molar-refractivity contribution in [3.63, 3.8) is 0 Å². The second-order valence-corrected chi connectivity index (χ2v) is 11.6. The van der Waals surface area contributed by atoms with E-state index in [0.29, 0.717) is 22.3 Å². The zero-order valence-electron chi connectivity index (χ0n) is 18.9. The van der Waals surface area contributed by atoms with Crippen LogP contribution in [0.15, 0.2) is 105 Å². The highest BCUT2D eigenvalue weighted by molar-refractivity contribution is 7.99. The van der Waals surface area contributed by atoms with Crippen LogP contribution in [-0.2, 0) is 13.6 Å². The van der Waals surface area contributed by atoms with E-state index in [-0.39, 0.29) is 21.3 Å². The van der Waals surface area contributed by atoms with Crippen molar-refractivity contribution in [2.45, 2.75) is 19.6 Å². The van der Waals surface area contributed by atoms with E-state index in [9.17, 15) is 18.2 Å². The molecular weight excluding hydrogens is 533 g/mol. The number of hydrogen-bond donors (Lipinski definition) is 1. The molecule has 37 heavy (non-hydrogen) atoms. The van der Waals surface area contributed by atoms with Gasteiger partial charge in [-0.15, -0.1) is 0 Å². The summed E-state index contributed by atoms with van der Waals surface area (Å²) in [5, 5.41) is 0. The van der Waals surface area contributed by atoms with E-state index >= 15 is 0 Å². The Balaban J connectivity index is 1.42. The smallest absolute Gasteiger partial charge is 0.394 e. The van der Waals surface area contributed by atoms with Crippen LogP contribution in [0.2, 0.25) is 0 Å². The molecule has 0 aliphatic carbocycles. The molecule has 0 spiro atoms. The van der Waals surface area contributed by atoms with E-state index < -0.39 is 19.5 Å². The predicted octanol–water partition coefficient (Wildman–Crippen LogP) is 8.72. The van der Waals surface area contributed by atoms with Gasteiger partial charge >= 0.3 is 7.82 Å². The second kappa shape index (κ2) is 9.54. The zero-order valence-corrected chi connectivity index (χ0v) is 21.5. The van der Waals surface area contributed by atoms with Crippen LogP contribution in [0.3, 0.4) is 0 Å². The quantitative estimate of drug-likeness (QED) is 0.257. The monoisotopic (exact) mass is 550 g/mol. The van der Waals surface area contributed by atoms with Gasteiger partial charge in [0.05, 0.1) is 9.79 Å². The van der Waals surface area contributed by atoms with Crippen molar-refractivity contribution in [2.24, 2.45) is 0 Å². The number of rotatable bonds is 4. The highest BCUT2D eigenvalue weighted by atomic mass is 32.2. The Morgan fingerprint density at radius 1 is 0.622 bits per heavy atom. The molecule has 4 aromatic rings. The normalized spacial score (nSPS) is 14.0. The van der Waals surface area contributed by atoms with Gasteiger partial charge in [-0.1, -0.05) is 72.1 Å². The molecule has 0 atom stereocenters. The molecule has 0 aromatic heterocycles. The number of fused-ring (bicyclic) bond motifs is 4. The van der Waals surface area contributed by atoms with Gasteiger partial charge in [0.25, 0.3) is 0 Å². The maximum atomic E-state index is 14.8. The van der Waals surface area contributed by atoms with Gasteiger partial charge in [-0.05, 0) is 59.7 Å². The highest BCUT2D eigenvalue weighted by Crippen LogP contribution is 2.55. The molecule has 0 fully saturated rings. The Kier molecular flexibility index (Phi) is 6.21. The number of benzene rings is 4. The van der Waals surface area contributed by atoms with Gasteiger partial charge in [0.1, 0.15) is 23.2 Å². The summed E-state index contributed by atoms with van der Waals surface area (Å²) < 4.78 is 54.2. The number of hydrogen-bond acceptors (Lipinski definition) is 5. The van der Waals surface area contributed by atoms with Gasteiger partial charge in [0.2, 0.25) is 0 Å². The standard InChI is InChI=1S/C28H17F2O4PS2/c29-21-11-5-9-19-23(15-17-7-1-3-13-25(17)36-27(19)21)33-35(31,32)34-24-16-18-8-2-4-14-26(18)37-28-20(24)10-6-12-22(28)30/h1-16H,(H,31,32). The average Bonchev–Trinajstić information content (AvgIpc) is 3.13. The lowest BCUT2D eigenvalue weighted by Gasteiger charge is -2.19. The summed E-state index contributed by atoms with van der Waals surface area (Å²) in [4.78, 5) is 13.0. The molecule has 2 aliphatic heterocycles. The molecule has 2 heterocycles. The van der Waals surface area contributed by atoms with Crippen LogP contribution in [-0.4, -0.2) is 4.89 Å². The van der Waals surface area contributed by atoms with Gasteiger partial charge in [-0.3, -0.25) is 4.89 Å². The molecule has 9 heteroatoms. The minimum Gasteiger partial charge on any atom is -0.394 e. The van der Waals surface area contributed by atoms with Crippen LogP contribution in [0, 0.1) is 11.6 Å². The highest BCUT2D eigenvalue weighted by Gasteiger charge is 2.33. The molecule has 0 saturated carbocycles. The van der Waals surface area contributed by atoms with Gasteiger partial charge < -0.3 is 9.05 Å². The van der Waals surface area contributed by atoms with Crippen LogP contribution in [0.25, 0.3) is 23.7 Å². The van der Waals surface area contributed by atoms with Crippen molar-refractivity contribution < 1.29 is 27.3 Å². The Hall–Kier alpha value is -3.29. The van der Waals surface area contributed by atoms with Crippen LogP contribution >= 0.6 is 31.3 Å². The summed E-state index contributed by atoms with van der Waals surface area (Å²) in [7, 11) is -4.83. The van der Waals surface area contributed by atoms with Crippen molar-refractivity contribution in [3.8, 4) is 0 Å². The minimum atomic E-state index is -4.83. The molecule has 0 unspecified atom stereocenters. The van der Waals surface area contributed by atoms with E-state index in [0.717, 1.165) is 9.79 Å². The first-order valence-electron chi connectivity index (χ1n) is 11.1. The number of phosphoric ester groups is 1. The summed E-state index contributed by atoms with van der Waals surface area (Å²) in [6, 6.07) is 23.5. The summed E-state index contributed by atoms with van der Waals surface area (Å²) in [5.41, 5.74) is 2.04. The van der Waals surface area contributed by atoms with E-state index in [1.807, 2.05) is 36.4 Å². The van der Waals surface area contributed by atoms with Crippen LogP contribution in [0.1, 0.15) is 22.3 Å². The van der Waals surface area contributed by atoms with Crippen LogP contribution in [0.5, 0.6) is 0 Å². The number of phosphoric acid groups is 1. The van der Waals surface area contributed by atoms with Crippen molar-refractivity contribution in [1.82, 2.24) is 0 Å².